The summed E-state index contributed by atoms with van der Waals surface area (Å²) < 4.78 is 9.40. The Morgan fingerprint density at radius 3 is 0.750 bits per heavy atom. The Bertz CT molecular complexity index is 6470. The standard InChI is InChI=1S/2C46H30N4/c1-3-11-35(12-4-1)49-44-18-10-8-16-38(44)40-27-31(20-22-45(40)49)33-23-25-47-41(28-33)42-29-34(24-26-48-42)32-19-21-39-37-15-7-9-17-43(37)50(46(39)30-32)36-13-5-2-6-14-36;1-2-10-35(11-3-1)50-45-17-9-6-14-39(45)40-23-20-32(30-46(40)50)34-25-27-48-42(29-34)41-28-33(24-26-47-41)31-18-21-36(22-19-31)49-43-15-7-4-12-37(43)38-13-5-8-16-44(38)49/h2*1-30H. The molecule has 0 fully saturated rings. The van der Waals surface area contributed by atoms with Crippen LogP contribution in [0.3, 0.4) is 0 Å². The molecule has 0 aliphatic heterocycles. The van der Waals surface area contributed by atoms with Crippen LogP contribution in [0.4, 0.5) is 0 Å². The second-order valence-electron chi connectivity index (χ2n) is 25.4. The largest absolute Gasteiger partial charge is 0.309 e. The minimum absolute atomic E-state index is 0.842. The summed E-state index contributed by atoms with van der Waals surface area (Å²) in [5, 5.41) is 9.96. The number of hydrogen-bond donors (Lipinski definition) is 0. The molecule has 20 aromatic rings. The summed E-state index contributed by atoms with van der Waals surface area (Å²) in [6.07, 6.45) is 7.54. The van der Waals surface area contributed by atoms with Gasteiger partial charge >= 0.3 is 0 Å². The molecule has 8 nitrogen and oxygen atoms in total. The predicted molar refractivity (Wildman–Crippen MR) is 414 cm³/mol. The topological polar surface area (TPSA) is 71.3 Å². The van der Waals surface area contributed by atoms with E-state index < -0.39 is 0 Å². The van der Waals surface area contributed by atoms with Crippen LogP contribution in [-0.4, -0.2) is 38.2 Å². The van der Waals surface area contributed by atoms with Crippen LogP contribution >= 0.6 is 0 Å². The average molecular weight is 1280 g/mol. The Labute approximate surface area is 576 Å². The van der Waals surface area contributed by atoms with Gasteiger partial charge in [-0.15, -0.1) is 0 Å². The minimum Gasteiger partial charge on any atom is -0.309 e. The molecule has 8 heterocycles. The normalized spacial score (nSPS) is 11.6. The first-order valence-corrected chi connectivity index (χ1v) is 33.8. The molecule has 12 aromatic carbocycles. The highest BCUT2D eigenvalue weighted by Crippen LogP contribution is 2.41. The van der Waals surface area contributed by atoms with Crippen molar-refractivity contribution in [3.05, 3.63) is 365 Å². The van der Waals surface area contributed by atoms with E-state index in [9.17, 15) is 0 Å². The van der Waals surface area contributed by atoms with Gasteiger partial charge in [0.15, 0.2) is 0 Å². The molecule has 0 aliphatic rings. The van der Waals surface area contributed by atoms with Crippen LogP contribution in [0.15, 0.2) is 365 Å². The fourth-order valence-corrected chi connectivity index (χ4v) is 15.0. The number of fused-ring (bicyclic) bond motifs is 12. The van der Waals surface area contributed by atoms with Crippen LogP contribution in [0.5, 0.6) is 0 Å². The summed E-state index contributed by atoms with van der Waals surface area (Å²) in [7, 11) is 0. The molecule has 8 aromatic heterocycles. The number of aromatic nitrogens is 8. The van der Waals surface area contributed by atoms with Crippen LogP contribution < -0.4 is 0 Å². The first-order valence-electron chi connectivity index (χ1n) is 33.8. The monoisotopic (exact) mass is 1280 g/mol. The lowest BCUT2D eigenvalue weighted by molar-refractivity contribution is 1.18. The summed E-state index contributed by atoms with van der Waals surface area (Å²) in [6, 6.07) is 121. The first-order chi connectivity index (χ1) is 49.6. The van der Waals surface area contributed by atoms with E-state index in [1.807, 2.05) is 24.8 Å². The maximum absolute atomic E-state index is 4.79. The van der Waals surface area contributed by atoms with Gasteiger partial charge in [0.05, 0.1) is 66.9 Å². The fourth-order valence-electron chi connectivity index (χ4n) is 15.0. The van der Waals surface area contributed by atoms with Crippen molar-refractivity contribution >= 4 is 87.2 Å². The Morgan fingerprint density at radius 1 is 0.150 bits per heavy atom. The Kier molecular flexibility index (Phi) is 14.0. The molecule has 20 rings (SSSR count). The number of hydrogen-bond acceptors (Lipinski definition) is 4. The number of rotatable bonds is 10. The molecule has 468 valence electrons. The van der Waals surface area contributed by atoms with E-state index in [4.69, 9.17) is 19.9 Å². The minimum atomic E-state index is 0.842. The summed E-state index contributed by atoms with van der Waals surface area (Å²) in [4.78, 5) is 19.1. The van der Waals surface area contributed by atoms with Gasteiger partial charge in [-0.25, -0.2) is 0 Å². The van der Waals surface area contributed by atoms with E-state index in [1.165, 1.54) is 87.2 Å². The Hall–Kier alpha value is -13.6. The summed E-state index contributed by atoms with van der Waals surface area (Å²) in [5.41, 5.74) is 26.5. The maximum atomic E-state index is 4.79. The van der Waals surface area contributed by atoms with Crippen LogP contribution in [0.1, 0.15) is 0 Å². The molecular formula is C92H60N8. The van der Waals surface area contributed by atoms with Crippen molar-refractivity contribution in [3.63, 3.8) is 0 Å². The zero-order valence-electron chi connectivity index (χ0n) is 54.2. The van der Waals surface area contributed by atoms with E-state index in [-0.39, 0.29) is 0 Å². The van der Waals surface area contributed by atoms with Gasteiger partial charge < -0.3 is 18.3 Å². The molecule has 100 heavy (non-hydrogen) atoms. The molecule has 0 unspecified atom stereocenters. The van der Waals surface area contributed by atoms with Crippen molar-refractivity contribution in [3.8, 4) is 90.0 Å². The second kappa shape index (κ2) is 24.3. The Morgan fingerprint density at radius 2 is 0.390 bits per heavy atom. The van der Waals surface area contributed by atoms with Gasteiger partial charge in [-0.1, -0.05) is 188 Å². The molecule has 0 saturated heterocycles. The average Bonchev–Trinajstić information content (AvgIpc) is 1.62. The lowest BCUT2D eigenvalue weighted by Gasteiger charge is -2.11. The molecular weight excluding hydrogens is 1220 g/mol. The van der Waals surface area contributed by atoms with Crippen molar-refractivity contribution in [1.82, 2.24) is 38.2 Å². The first kappa shape index (κ1) is 57.9. The van der Waals surface area contributed by atoms with Gasteiger partial charge in [-0.3, -0.25) is 19.9 Å². The van der Waals surface area contributed by atoms with Gasteiger partial charge in [-0.05, 0) is 196 Å². The maximum Gasteiger partial charge on any atom is 0.0892 e. The van der Waals surface area contributed by atoms with E-state index in [2.05, 4.69) is 358 Å². The third-order valence-electron chi connectivity index (χ3n) is 19.7. The number of pyridine rings is 4. The molecule has 0 amide bonds. The third-order valence-corrected chi connectivity index (χ3v) is 19.7. The zero-order valence-corrected chi connectivity index (χ0v) is 54.2. The van der Waals surface area contributed by atoms with Crippen LogP contribution in [-0.2, 0) is 0 Å². The van der Waals surface area contributed by atoms with E-state index in [0.29, 0.717) is 0 Å². The van der Waals surface area contributed by atoms with Gasteiger partial charge in [0.1, 0.15) is 0 Å². The van der Waals surface area contributed by atoms with Crippen LogP contribution in [0.25, 0.3) is 177 Å². The van der Waals surface area contributed by atoms with Gasteiger partial charge in [0, 0.05) is 90.6 Å². The lowest BCUT2D eigenvalue weighted by Crippen LogP contribution is -1.94. The molecule has 0 spiro atoms. The van der Waals surface area contributed by atoms with Crippen molar-refractivity contribution in [2.75, 3.05) is 0 Å². The predicted octanol–water partition coefficient (Wildman–Crippen LogP) is 23.3. The highest BCUT2D eigenvalue weighted by Gasteiger charge is 2.19. The molecule has 0 saturated carbocycles. The molecule has 0 radical (unpaired) electrons. The molecule has 0 bridgehead atoms. The van der Waals surface area contributed by atoms with Gasteiger partial charge in [0.25, 0.3) is 0 Å². The van der Waals surface area contributed by atoms with Crippen molar-refractivity contribution < 1.29 is 0 Å². The third kappa shape index (κ3) is 10.0. The van der Waals surface area contributed by atoms with Crippen LogP contribution in [0, 0.1) is 0 Å². The van der Waals surface area contributed by atoms with Gasteiger partial charge in [-0.2, -0.15) is 0 Å². The van der Waals surface area contributed by atoms with Crippen molar-refractivity contribution in [2.24, 2.45) is 0 Å². The van der Waals surface area contributed by atoms with E-state index >= 15 is 0 Å². The smallest absolute Gasteiger partial charge is 0.0892 e. The van der Waals surface area contributed by atoms with Gasteiger partial charge in [0.2, 0.25) is 0 Å². The summed E-state index contributed by atoms with van der Waals surface area (Å²) in [5.74, 6) is 0. The van der Waals surface area contributed by atoms with Crippen molar-refractivity contribution in [1.29, 1.82) is 0 Å². The fraction of sp³-hybridized carbons (Fsp3) is 0. The highest BCUT2D eigenvalue weighted by molar-refractivity contribution is 6.13. The number of para-hydroxylation sites is 8. The summed E-state index contributed by atoms with van der Waals surface area (Å²) >= 11 is 0. The lowest BCUT2D eigenvalue weighted by atomic mass is 10.0. The molecule has 8 heteroatoms. The van der Waals surface area contributed by atoms with Crippen molar-refractivity contribution in [2.45, 2.75) is 0 Å². The molecule has 0 atom stereocenters. The number of nitrogens with zero attached hydrogens (tertiary/aromatic N) is 8. The van der Waals surface area contributed by atoms with E-state index in [1.54, 1.807) is 0 Å². The zero-order chi connectivity index (χ0) is 66.0. The van der Waals surface area contributed by atoms with Crippen LogP contribution in [0.2, 0.25) is 0 Å². The quantitative estimate of drug-likeness (QED) is 0.137. The Balaban J connectivity index is 0.000000139. The SMILES string of the molecule is c1ccc(-n2c3ccccc3c3cc(-c4ccnc(-c5cc(-c6ccc7c8ccccc8n(-c8ccccc8)c7c6)ccn5)c4)ccc32)cc1.c1ccc(-n2c3ccccc3c3ccc(-c4ccnc(-c5cc(-c6ccc(-n7c8ccccc8c8ccccc87)cc6)ccn5)c4)cc32)cc1. The highest BCUT2D eigenvalue weighted by atomic mass is 15.0. The van der Waals surface area contributed by atoms with E-state index in [0.717, 1.165) is 90.0 Å². The summed E-state index contributed by atoms with van der Waals surface area (Å²) in [6.45, 7) is 0. The molecule has 0 aliphatic carbocycles. The molecule has 0 N–H and O–H groups in total. The second-order valence-corrected chi connectivity index (χ2v) is 25.4. The number of benzene rings is 12.